The molecule has 0 saturated carbocycles. The van der Waals surface area contributed by atoms with Gasteiger partial charge in [0, 0.05) is 19.1 Å². The Morgan fingerprint density at radius 3 is 2.20 bits per heavy atom. The number of hydrogen-bond acceptors (Lipinski definition) is 4. The van der Waals surface area contributed by atoms with Gasteiger partial charge in [-0.1, -0.05) is 30.3 Å². The molecule has 4 rings (SSSR count). The molecule has 0 spiro atoms. The number of piperidine rings is 1. The molecular formula is C21H22FN3O4S. The van der Waals surface area contributed by atoms with Gasteiger partial charge in [-0.25, -0.2) is 26.8 Å². The van der Waals surface area contributed by atoms with Crippen LogP contribution in [0.25, 0.3) is 0 Å². The van der Waals surface area contributed by atoms with Gasteiger partial charge >= 0.3 is 6.03 Å². The van der Waals surface area contributed by atoms with Crippen molar-refractivity contribution in [1.29, 1.82) is 0 Å². The first-order valence-electron chi connectivity index (χ1n) is 9.76. The van der Waals surface area contributed by atoms with E-state index in [1.165, 1.54) is 33.5 Å². The third kappa shape index (κ3) is 4.08. The molecule has 2 aromatic rings. The van der Waals surface area contributed by atoms with Crippen LogP contribution in [0.5, 0.6) is 0 Å². The Hall–Kier alpha value is -2.78. The first-order valence-corrected chi connectivity index (χ1v) is 11.4. The standard InChI is InChI=1S/C21H22FN3O4S/c22-17-8-6-16(7-9-17)15-30(28,29)23-12-10-18(11-13-23)24-14-20(26)25(21(24)27)19-4-2-1-3-5-19/h1-9,18H,10-15H2. The van der Waals surface area contributed by atoms with Gasteiger partial charge in [0.1, 0.15) is 12.4 Å². The molecule has 2 fully saturated rings. The second kappa shape index (κ2) is 8.16. The summed E-state index contributed by atoms with van der Waals surface area (Å²) in [5, 5.41) is 0. The number of benzene rings is 2. The maximum absolute atomic E-state index is 13.0. The number of para-hydroxylation sites is 1. The molecule has 0 bridgehead atoms. The zero-order valence-electron chi connectivity index (χ0n) is 16.3. The van der Waals surface area contributed by atoms with Crippen molar-refractivity contribution in [3.63, 3.8) is 0 Å². The summed E-state index contributed by atoms with van der Waals surface area (Å²) in [6.07, 6.45) is 0.925. The van der Waals surface area contributed by atoms with E-state index >= 15 is 0 Å². The third-order valence-corrected chi connectivity index (χ3v) is 7.38. The first kappa shape index (κ1) is 20.5. The lowest BCUT2D eigenvalue weighted by Gasteiger charge is -2.35. The number of rotatable bonds is 5. The van der Waals surface area contributed by atoms with Gasteiger partial charge in [0.15, 0.2) is 0 Å². The lowest BCUT2D eigenvalue weighted by molar-refractivity contribution is -0.116. The summed E-state index contributed by atoms with van der Waals surface area (Å²) in [5.41, 5.74) is 1.06. The molecule has 0 aliphatic carbocycles. The number of carbonyl (C=O) groups excluding carboxylic acids is 2. The normalized spacial score (nSPS) is 19.0. The molecule has 2 aliphatic rings. The quantitative estimate of drug-likeness (QED) is 0.682. The number of amides is 3. The van der Waals surface area contributed by atoms with Crippen LogP contribution in [0.1, 0.15) is 18.4 Å². The van der Waals surface area contributed by atoms with E-state index in [4.69, 9.17) is 0 Å². The summed E-state index contributed by atoms with van der Waals surface area (Å²) in [7, 11) is -3.54. The van der Waals surface area contributed by atoms with Crippen molar-refractivity contribution in [2.45, 2.75) is 24.6 Å². The molecule has 2 heterocycles. The predicted octanol–water partition coefficient (Wildman–Crippen LogP) is 2.59. The van der Waals surface area contributed by atoms with Crippen LogP contribution in [0.2, 0.25) is 0 Å². The average Bonchev–Trinajstić information content (AvgIpc) is 3.04. The number of halogens is 1. The molecule has 2 saturated heterocycles. The summed E-state index contributed by atoms with van der Waals surface area (Å²) < 4.78 is 39.9. The SMILES string of the molecule is O=C1CN(C2CCN(S(=O)(=O)Cc3ccc(F)cc3)CC2)C(=O)N1c1ccccc1. The zero-order valence-corrected chi connectivity index (χ0v) is 17.1. The van der Waals surface area contributed by atoms with Crippen LogP contribution >= 0.6 is 0 Å². The van der Waals surface area contributed by atoms with Crippen LogP contribution in [-0.2, 0) is 20.6 Å². The smallest absolute Gasteiger partial charge is 0.312 e. The molecule has 2 aromatic carbocycles. The van der Waals surface area contributed by atoms with Gasteiger partial charge in [-0.05, 0) is 42.7 Å². The highest BCUT2D eigenvalue weighted by Crippen LogP contribution is 2.27. The maximum Gasteiger partial charge on any atom is 0.332 e. The van der Waals surface area contributed by atoms with Crippen LogP contribution in [-0.4, -0.2) is 55.2 Å². The van der Waals surface area contributed by atoms with Gasteiger partial charge in [0.05, 0.1) is 11.4 Å². The fourth-order valence-electron chi connectivity index (χ4n) is 3.95. The van der Waals surface area contributed by atoms with Crippen LogP contribution in [0, 0.1) is 5.82 Å². The minimum absolute atomic E-state index is 0.000718. The lowest BCUT2D eigenvalue weighted by Crippen LogP contribution is -2.48. The summed E-state index contributed by atoms with van der Waals surface area (Å²) in [4.78, 5) is 28.0. The van der Waals surface area contributed by atoms with Gasteiger partial charge in [-0.2, -0.15) is 0 Å². The van der Waals surface area contributed by atoms with Gasteiger partial charge in [-0.15, -0.1) is 0 Å². The highest BCUT2D eigenvalue weighted by Gasteiger charge is 2.42. The molecule has 0 unspecified atom stereocenters. The number of nitrogens with zero attached hydrogens (tertiary/aromatic N) is 3. The Labute approximate surface area is 174 Å². The van der Waals surface area contributed by atoms with E-state index in [0.29, 0.717) is 24.1 Å². The Balaban J connectivity index is 1.39. The molecule has 0 N–H and O–H groups in total. The summed E-state index contributed by atoms with van der Waals surface area (Å²) in [5.74, 6) is -0.884. The van der Waals surface area contributed by atoms with Crippen molar-refractivity contribution in [3.05, 3.63) is 66.0 Å². The maximum atomic E-state index is 13.0. The second-order valence-corrected chi connectivity index (χ2v) is 9.46. The predicted molar refractivity (Wildman–Crippen MR) is 110 cm³/mol. The van der Waals surface area contributed by atoms with Crippen molar-refractivity contribution in [2.75, 3.05) is 24.5 Å². The minimum Gasteiger partial charge on any atom is -0.312 e. The molecule has 3 amide bonds. The van der Waals surface area contributed by atoms with Gasteiger partial charge in [-0.3, -0.25) is 4.79 Å². The molecule has 158 valence electrons. The Kier molecular flexibility index (Phi) is 5.57. The molecule has 0 radical (unpaired) electrons. The van der Waals surface area contributed by atoms with E-state index < -0.39 is 15.8 Å². The van der Waals surface area contributed by atoms with E-state index in [9.17, 15) is 22.4 Å². The molecular weight excluding hydrogens is 409 g/mol. The molecule has 7 nitrogen and oxygen atoms in total. The number of hydrogen-bond donors (Lipinski definition) is 0. The third-order valence-electron chi connectivity index (χ3n) is 5.53. The van der Waals surface area contributed by atoms with Crippen LogP contribution < -0.4 is 4.90 Å². The largest absolute Gasteiger partial charge is 0.332 e. The highest BCUT2D eigenvalue weighted by atomic mass is 32.2. The summed E-state index contributed by atoms with van der Waals surface area (Å²) in [6, 6.07) is 13.6. The van der Waals surface area contributed by atoms with Gasteiger partial charge in [0.25, 0.3) is 5.91 Å². The number of urea groups is 1. The molecule has 2 aliphatic heterocycles. The summed E-state index contributed by atoms with van der Waals surface area (Å²) in [6.45, 7) is 0.551. The van der Waals surface area contributed by atoms with Crippen molar-refractivity contribution in [2.24, 2.45) is 0 Å². The van der Waals surface area contributed by atoms with Crippen molar-refractivity contribution in [1.82, 2.24) is 9.21 Å². The Morgan fingerprint density at radius 1 is 0.933 bits per heavy atom. The van der Waals surface area contributed by atoms with E-state index in [2.05, 4.69) is 0 Å². The Bertz CT molecular complexity index is 1040. The van der Waals surface area contributed by atoms with Gasteiger partial charge < -0.3 is 4.90 Å². The van der Waals surface area contributed by atoms with E-state index in [1.54, 1.807) is 29.2 Å². The van der Waals surface area contributed by atoms with E-state index in [0.717, 1.165) is 0 Å². The highest BCUT2D eigenvalue weighted by molar-refractivity contribution is 7.88. The van der Waals surface area contributed by atoms with Crippen LogP contribution in [0.15, 0.2) is 54.6 Å². The number of anilines is 1. The van der Waals surface area contributed by atoms with Crippen LogP contribution in [0.4, 0.5) is 14.9 Å². The molecule has 0 atom stereocenters. The zero-order chi connectivity index (χ0) is 21.3. The topological polar surface area (TPSA) is 78.0 Å². The lowest BCUT2D eigenvalue weighted by atomic mass is 10.1. The first-order chi connectivity index (χ1) is 14.3. The van der Waals surface area contributed by atoms with Crippen molar-refractivity contribution < 1.29 is 22.4 Å². The fourth-order valence-corrected chi connectivity index (χ4v) is 5.51. The molecule has 30 heavy (non-hydrogen) atoms. The second-order valence-electron chi connectivity index (χ2n) is 7.49. The number of imide groups is 1. The monoisotopic (exact) mass is 431 g/mol. The minimum atomic E-state index is -3.54. The van der Waals surface area contributed by atoms with E-state index in [1.807, 2.05) is 6.07 Å². The van der Waals surface area contributed by atoms with Crippen molar-refractivity contribution >= 4 is 27.6 Å². The summed E-state index contributed by atoms with van der Waals surface area (Å²) >= 11 is 0. The van der Waals surface area contributed by atoms with Gasteiger partial charge in [0.2, 0.25) is 10.0 Å². The molecule has 0 aromatic heterocycles. The Morgan fingerprint density at radius 2 is 1.57 bits per heavy atom. The average molecular weight is 431 g/mol. The number of sulfonamides is 1. The fraction of sp³-hybridized carbons (Fsp3) is 0.333. The van der Waals surface area contributed by atoms with Crippen LogP contribution in [0.3, 0.4) is 0 Å². The van der Waals surface area contributed by atoms with E-state index in [-0.39, 0.29) is 43.4 Å². The number of carbonyl (C=O) groups is 2. The van der Waals surface area contributed by atoms with Crippen molar-refractivity contribution in [3.8, 4) is 0 Å². The molecule has 9 heteroatoms.